The summed E-state index contributed by atoms with van der Waals surface area (Å²) in [5, 5.41) is 0.681. The van der Waals surface area contributed by atoms with Crippen molar-refractivity contribution < 1.29 is 4.79 Å². The molecule has 0 spiro atoms. The van der Waals surface area contributed by atoms with Crippen molar-refractivity contribution in [1.82, 2.24) is 9.88 Å². The summed E-state index contributed by atoms with van der Waals surface area (Å²) in [7, 11) is 1.86. The molecule has 1 saturated carbocycles. The van der Waals surface area contributed by atoms with Gasteiger partial charge in [-0.3, -0.25) is 9.59 Å². The van der Waals surface area contributed by atoms with Crippen molar-refractivity contribution in [3.05, 3.63) is 34.2 Å². The molecule has 1 fully saturated rings. The number of aromatic amines is 1. The minimum Gasteiger partial charge on any atom is -0.339 e. The number of nitrogens with zero attached hydrogens (tertiary/aromatic N) is 1. The molecular formula is C14H20N2O2S. The lowest BCUT2D eigenvalue weighted by Gasteiger charge is -2.24. The molecule has 1 heterocycles. The number of thioether (sulfide) groups is 1. The van der Waals surface area contributed by atoms with Crippen molar-refractivity contribution in [2.75, 3.05) is 12.8 Å². The fourth-order valence-electron chi connectivity index (χ4n) is 2.57. The van der Waals surface area contributed by atoms with Gasteiger partial charge in [0.25, 0.3) is 5.91 Å². The van der Waals surface area contributed by atoms with E-state index >= 15 is 0 Å². The molecule has 1 N–H and O–H groups in total. The Hall–Kier alpha value is -1.23. The molecule has 0 aliphatic heterocycles. The van der Waals surface area contributed by atoms with Crippen molar-refractivity contribution in [3.63, 3.8) is 0 Å². The van der Waals surface area contributed by atoms with E-state index in [1.165, 1.54) is 18.7 Å². The summed E-state index contributed by atoms with van der Waals surface area (Å²) in [6, 6.07) is 3.31. The molecule has 19 heavy (non-hydrogen) atoms. The van der Waals surface area contributed by atoms with Gasteiger partial charge in [0.15, 0.2) is 0 Å². The number of nitrogens with one attached hydrogen (secondary N) is 1. The van der Waals surface area contributed by atoms with E-state index in [9.17, 15) is 9.59 Å². The number of carbonyl (C=O) groups excluding carboxylic acids is 1. The van der Waals surface area contributed by atoms with Gasteiger partial charge < -0.3 is 9.88 Å². The molecule has 2 atom stereocenters. The van der Waals surface area contributed by atoms with Gasteiger partial charge in [-0.15, -0.1) is 0 Å². The topological polar surface area (TPSA) is 53.2 Å². The molecule has 1 aromatic heterocycles. The van der Waals surface area contributed by atoms with E-state index in [-0.39, 0.29) is 11.5 Å². The molecule has 4 nitrogen and oxygen atoms in total. The monoisotopic (exact) mass is 280 g/mol. The number of aromatic nitrogens is 1. The number of pyridine rings is 1. The van der Waals surface area contributed by atoms with Crippen molar-refractivity contribution in [1.29, 1.82) is 0 Å². The van der Waals surface area contributed by atoms with Gasteiger partial charge in [0.1, 0.15) is 0 Å². The Kier molecular flexibility index (Phi) is 4.69. The van der Waals surface area contributed by atoms with Crippen molar-refractivity contribution >= 4 is 17.7 Å². The number of H-pyrrole nitrogens is 1. The maximum Gasteiger partial charge on any atom is 0.255 e. The third-order valence-corrected chi connectivity index (χ3v) is 4.89. The molecule has 1 aromatic rings. The van der Waals surface area contributed by atoms with E-state index < -0.39 is 0 Å². The zero-order chi connectivity index (χ0) is 13.8. The average molecular weight is 280 g/mol. The summed E-state index contributed by atoms with van der Waals surface area (Å²) in [5.74, 6) is 1.12. The van der Waals surface area contributed by atoms with Crippen LogP contribution in [0.5, 0.6) is 0 Å². The summed E-state index contributed by atoms with van der Waals surface area (Å²) < 4.78 is 0. The van der Waals surface area contributed by atoms with E-state index in [2.05, 4.69) is 11.9 Å². The molecule has 2 rings (SSSR count). The van der Waals surface area contributed by atoms with Crippen LogP contribution in [0.4, 0.5) is 0 Å². The molecular weight excluding hydrogens is 260 g/mol. The van der Waals surface area contributed by atoms with Crippen LogP contribution in [-0.4, -0.2) is 39.9 Å². The fourth-order valence-corrected chi connectivity index (χ4v) is 3.70. The molecule has 2 unspecified atom stereocenters. The van der Waals surface area contributed by atoms with Gasteiger partial charge in [0, 0.05) is 30.6 Å². The van der Waals surface area contributed by atoms with E-state index in [0.29, 0.717) is 16.9 Å². The van der Waals surface area contributed by atoms with Crippen LogP contribution in [0.3, 0.4) is 0 Å². The van der Waals surface area contributed by atoms with Gasteiger partial charge in [-0.2, -0.15) is 11.8 Å². The minimum atomic E-state index is -0.181. The van der Waals surface area contributed by atoms with Crippen LogP contribution >= 0.6 is 11.8 Å². The Morgan fingerprint density at radius 2 is 2.26 bits per heavy atom. The molecule has 0 bridgehead atoms. The van der Waals surface area contributed by atoms with Crippen LogP contribution in [0.25, 0.3) is 0 Å². The van der Waals surface area contributed by atoms with Gasteiger partial charge in [-0.05, 0) is 31.1 Å². The first-order valence-corrected chi connectivity index (χ1v) is 7.74. The zero-order valence-corrected chi connectivity index (χ0v) is 12.2. The first-order chi connectivity index (χ1) is 9.11. The first kappa shape index (κ1) is 14.2. The average Bonchev–Trinajstić information content (AvgIpc) is 2.87. The number of carbonyl (C=O) groups is 1. The Bertz CT molecular complexity index is 480. The molecule has 0 aromatic carbocycles. The van der Waals surface area contributed by atoms with E-state index in [1.807, 2.05) is 23.7 Å². The lowest BCUT2D eigenvalue weighted by Crippen LogP contribution is -2.35. The SMILES string of the molecule is CCSC1CCC(N(C)C(=O)c2ccc(=O)[nH]c2)C1. The fraction of sp³-hybridized carbons (Fsp3) is 0.571. The Morgan fingerprint density at radius 3 is 2.89 bits per heavy atom. The summed E-state index contributed by atoms with van der Waals surface area (Å²) in [6.07, 6.45) is 4.83. The third kappa shape index (κ3) is 3.41. The lowest BCUT2D eigenvalue weighted by molar-refractivity contribution is 0.0735. The molecule has 0 radical (unpaired) electrons. The zero-order valence-electron chi connectivity index (χ0n) is 11.4. The first-order valence-electron chi connectivity index (χ1n) is 6.69. The summed E-state index contributed by atoms with van der Waals surface area (Å²) in [5.41, 5.74) is 0.369. The normalized spacial score (nSPS) is 22.4. The molecule has 104 valence electrons. The second-order valence-corrected chi connectivity index (χ2v) is 6.48. The second kappa shape index (κ2) is 6.28. The Morgan fingerprint density at radius 1 is 1.47 bits per heavy atom. The number of hydrogen-bond donors (Lipinski definition) is 1. The van der Waals surface area contributed by atoms with Crippen molar-refractivity contribution in [3.8, 4) is 0 Å². The standard InChI is InChI=1S/C14H20N2O2S/c1-3-19-12-6-5-11(8-12)16(2)14(18)10-4-7-13(17)15-9-10/h4,7,9,11-12H,3,5-6,8H2,1-2H3,(H,15,17). The third-order valence-electron chi connectivity index (χ3n) is 3.66. The molecule has 0 saturated heterocycles. The van der Waals surface area contributed by atoms with Crippen LogP contribution in [-0.2, 0) is 0 Å². The molecule has 1 amide bonds. The molecule has 1 aliphatic rings. The highest BCUT2D eigenvalue weighted by Gasteiger charge is 2.30. The number of hydrogen-bond acceptors (Lipinski definition) is 3. The van der Waals surface area contributed by atoms with Gasteiger partial charge >= 0.3 is 0 Å². The predicted molar refractivity (Wildman–Crippen MR) is 78.7 cm³/mol. The van der Waals surface area contributed by atoms with Gasteiger partial charge in [0.2, 0.25) is 5.56 Å². The maximum atomic E-state index is 12.3. The quantitative estimate of drug-likeness (QED) is 0.919. The second-order valence-electron chi connectivity index (χ2n) is 4.90. The van der Waals surface area contributed by atoms with Crippen LogP contribution in [0, 0.1) is 0 Å². The van der Waals surface area contributed by atoms with E-state index in [0.717, 1.165) is 18.6 Å². The van der Waals surface area contributed by atoms with E-state index in [4.69, 9.17) is 0 Å². The highest BCUT2D eigenvalue weighted by Crippen LogP contribution is 2.32. The van der Waals surface area contributed by atoms with Crippen LogP contribution in [0.1, 0.15) is 36.5 Å². The minimum absolute atomic E-state index is 0.0107. The van der Waals surface area contributed by atoms with Gasteiger partial charge in [-0.25, -0.2) is 0 Å². The van der Waals surface area contributed by atoms with Crippen molar-refractivity contribution in [2.24, 2.45) is 0 Å². The number of rotatable bonds is 4. The predicted octanol–water partition coefficient (Wildman–Crippen LogP) is 2.12. The summed E-state index contributed by atoms with van der Waals surface area (Å²) in [6.45, 7) is 2.17. The van der Waals surface area contributed by atoms with Crippen LogP contribution in [0.15, 0.2) is 23.1 Å². The largest absolute Gasteiger partial charge is 0.339 e. The molecule has 1 aliphatic carbocycles. The van der Waals surface area contributed by atoms with Crippen LogP contribution in [0.2, 0.25) is 0 Å². The Labute approximate surface area is 117 Å². The highest BCUT2D eigenvalue weighted by molar-refractivity contribution is 7.99. The molecule has 5 heteroatoms. The smallest absolute Gasteiger partial charge is 0.255 e. The van der Waals surface area contributed by atoms with Crippen LogP contribution < -0.4 is 5.56 Å². The van der Waals surface area contributed by atoms with Gasteiger partial charge in [-0.1, -0.05) is 6.92 Å². The summed E-state index contributed by atoms with van der Waals surface area (Å²) >= 11 is 1.98. The lowest BCUT2D eigenvalue weighted by atomic mass is 10.2. The summed E-state index contributed by atoms with van der Waals surface area (Å²) in [4.78, 5) is 27.7. The highest BCUT2D eigenvalue weighted by atomic mass is 32.2. The van der Waals surface area contributed by atoms with Gasteiger partial charge in [0.05, 0.1) is 5.56 Å². The number of amides is 1. The Balaban J connectivity index is 2.00. The van der Waals surface area contributed by atoms with E-state index in [1.54, 1.807) is 6.07 Å². The maximum absolute atomic E-state index is 12.3. The van der Waals surface area contributed by atoms with Crippen molar-refractivity contribution in [2.45, 2.75) is 37.5 Å².